The van der Waals surface area contributed by atoms with Gasteiger partial charge in [0.15, 0.2) is 5.82 Å². The Morgan fingerprint density at radius 2 is 1.62 bits per heavy atom. The maximum atomic E-state index is 13.4. The third-order valence-corrected chi connectivity index (χ3v) is 3.30. The lowest BCUT2D eigenvalue weighted by molar-refractivity contribution is 0.584. The Balaban J connectivity index is 2.01. The molecule has 3 aromatic rings. The van der Waals surface area contributed by atoms with Crippen LogP contribution in [-0.4, -0.2) is 21.0 Å². The molecule has 0 unspecified atom stereocenters. The van der Waals surface area contributed by atoms with Gasteiger partial charge in [-0.15, -0.1) is 0 Å². The first kappa shape index (κ1) is 17.5. The summed E-state index contributed by atoms with van der Waals surface area (Å²) in [5, 5.41) is 6.07. The van der Waals surface area contributed by atoms with Crippen molar-refractivity contribution >= 4 is 23.1 Å². The second kappa shape index (κ2) is 7.30. The molecule has 0 fully saturated rings. The van der Waals surface area contributed by atoms with Gasteiger partial charge in [-0.3, -0.25) is 0 Å². The van der Waals surface area contributed by atoms with Crippen molar-refractivity contribution in [2.75, 3.05) is 16.4 Å². The molecule has 0 atom stereocenters. The molecule has 0 saturated carbocycles. The molecule has 0 bridgehead atoms. The van der Waals surface area contributed by atoms with Gasteiger partial charge in [0, 0.05) is 23.9 Å². The summed E-state index contributed by atoms with van der Waals surface area (Å²) in [6.07, 6.45) is 0. The van der Waals surface area contributed by atoms with Crippen LogP contribution in [0.15, 0.2) is 42.5 Å². The predicted octanol–water partition coefficient (Wildman–Crippen LogP) is 3.96. The minimum Gasteiger partial charge on any atom is -0.384 e. The second-order valence-electron chi connectivity index (χ2n) is 5.99. The zero-order valence-electron chi connectivity index (χ0n) is 14.3. The Hall–Kier alpha value is -3.29. The highest BCUT2D eigenvalue weighted by atomic mass is 19.1. The van der Waals surface area contributed by atoms with E-state index in [9.17, 15) is 8.78 Å². The van der Waals surface area contributed by atoms with Crippen molar-refractivity contribution in [1.82, 2.24) is 15.0 Å². The SMILES string of the molecule is CC(C)Nc1cc(Nc2cc(F)cc(F)c2)nc(-c2cccc(N)n2)n1. The molecule has 134 valence electrons. The minimum atomic E-state index is -0.681. The molecular formula is C18H18F2N6. The van der Waals surface area contributed by atoms with E-state index in [2.05, 4.69) is 25.6 Å². The predicted molar refractivity (Wildman–Crippen MR) is 98.1 cm³/mol. The summed E-state index contributed by atoms with van der Waals surface area (Å²) in [5.74, 6) is 0.234. The minimum absolute atomic E-state index is 0.131. The highest BCUT2D eigenvalue weighted by molar-refractivity contribution is 5.64. The average Bonchev–Trinajstić information content (AvgIpc) is 2.53. The lowest BCUT2D eigenvalue weighted by atomic mass is 10.3. The Morgan fingerprint density at radius 1 is 0.923 bits per heavy atom. The maximum Gasteiger partial charge on any atom is 0.182 e. The number of pyridine rings is 1. The van der Waals surface area contributed by atoms with Crippen LogP contribution in [0.3, 0.4) is 0 Å². The Labute approximate surface area is 149 Å². The number of nitrogens with one attached hydrogen (secondary N) is 2. The highest BCUT2D eigenvalue weighted by Crippen LogP contribution is 2.23. The number of nitrogens with zero attached hydrogens (tertiary/aromatic N) is 3. The van der Waals surface area contributed by atoms with Crippen molar-refractivity contribution < 1.29 is 8.78 Å². The first-order chi connectivity index (χ1) is 12.4. The van der Waals surface area contributed by atoms with Gasteiger partial charge < -0.3 is 16.4 Å². The molecule has 8 heteroatoms. The standard InChI is InChI=1S/C18H18F2N6/c1-10(2)22-16-9-17(23-13-7-11(19)6-12(20)8-13)26-18(25-16)14-4-3-5-15(21)24-14/h3-10H,1-2H3,(H2,21,24)(H2,22,23,25,26). The van der Waals surface area contributed by atoms with Crippen LogP contribution in [0.1, 0.15) is 13.8 Å². The first-order valence-corrected chi connectivity index (χ1v) is 8.01. The number of anilines is 4. The number of nitrogen functional groups attached to an aromatic ring is 1. The molecule has 0 aliphatic heterocycles. The summed E-state index contributed by atoms with van der Waals surface area (Å²) in [6, 6.07) is 10.1. The second-order valence-corrected chi connectivity index (χ2v) is 5.99. The topological polar surface area (TPSA) is 88.8 Å². The molecule has 6 nitrogen and oxygen atoms in total. The van der Waals surface area contributed by atoms with E-state index in [4.69, 9.17) is 5.73 Å². The maximum absolute atomic E-state index is 13.4. The Kier molecular flexibility index (Phi) is 4.92. The normalized spacial score (nSPS) is 10.8. The Bertz CT molecular complexity index is 909. The van der Waals surface area contributed by atoms with Gasteiger partial charge >= 0.3 is 0 Å². The third-order valence-electron chi connectivity index (χ3n) is 3.30. The van der Waals surface area contributed by atoms with Gasteiger partial charge in [0.2, 0.25) is 0 Å². The van der Waals surface area contributed by atoms with Crippen molar-refractivity contribution in [3.63, 3.8) is 0 Å². The van der Waals surface area contributed by atoms with Crippen LogP contribution in [-0.2, 0) is 0 Å². The molecule has 3 rings (SSSR count). The molecule has 2 aromatic heterocycles. The van der Waals surface area contributed by atoms with Crippen LogP contribution in [0.2, 0.25) is 0 Å². The Morgan fingerprint density at radius 3 is 2.27 bits per heavy atom. The van der Waals surface area contributed by atoms with Gasteiger partial charge in [0.05, 0.1) is 0 Å². The lowest BCUT2D eigenvalue weighted by Crippen LogP contribution is -2.12. The van der Waals surface area contributed by atoms with Gasteiger partial charge in [-0.2, -0.15) is 0 Å². The van der Waals surface area contributed by atoms with E-state index >= 15 is 0 Å². The molecule has 2 heterocycles. The van der Waals surface area contributed by atoms with Crippen LogP contribution in [0.4, 0.5) is 31.9 Å². The van der Waals surface area contributed by atoms with Crippen LogP contribution in [0.5, 0.6) is 0 Å². The fourth-order valence-electron chi connectivity index (χ4n) is 2.35. The molecule has 1 aromatic carbocycles. The van der Waals surface area contributed by atoms with E-state index in [0.717, 1.165) is 6.07 Å². The van der Waals surface area contributed by atoms with E-state index in [0.29, 0.717) is 29.0 Å². The van der Waals surface area contributed by atoms with Gasteiger partial charge in [0.25, 0.3) is 0 Å². The van der Waals surface area contributed by atoms with E-state index in [1.54, 1.807) is 24.3 Å². The van der Waals surface area contributed by atoms with Crippen molar-refractivity contribution in [2.45, 2.75) is 19.9 Å². The fourth-order valence-corrected chi connectivity index (χ4v) is 2.35. The van der Waals surface area contributed by atoms with E-state index in [1.165, 1.54) is 12.1 Å². The summed E-state index contributed by atoms with van der Waals surface area (Å²) in [6.45, 7) is 3.94. The molecule has 0 aliphatic carbocycles. The van der Waals surface area contributed by atoms with Crippen LogP contribution in [0, 0.1) is 11.6 Å². The summed E-state index contributed by atoms with van der Waals surface area (Å²) in [5.41, 5.74) is 6.46. The van der Waals surface area contributed by atoms with Crippen LogP contribution in [0.25, 0.3) is 11.5 Å². The fraction of sp³-hybridized carbons (Fsp3) is 0.167. The van der Waals surface area contributed by atoms with Crippen molar-refractivity contribution in [1.29, 1.82) is 0 Å². The third kappa shape index (κ3) is 4.41. The first-order valence-electron chi connectivity index (χ1n) is 8.01. The molecule has 26 heavy (non-hydrogen) atoms. The van der Waals surface area contributed by atoms with Crippen LogP contribution >= 0.6 is 0 Å². The number of rotatable bonds is 5. The number of nitrogens with two attached hydrogens (primary N) is 1. The van der Waals surface area contributed by atoms with Crippen molar-refractivity contribution in [2.24, 2.45) is 0 Å². The van der Waals surface area contributed by atoms with E-state index in [1.807, 2.05) is 13.8 Å². The molecular weight excluding hydrogens is 338 g/mol. The van der Waals surface area contributed by atoms with Gasteiger partial charge in [-0.05, 0) is 38.1 Å². The zero-order chi connectivity index (χ0) is 18.7. The van der Waals surface area contributed by atoms with Crippen molar-refractivity contribution in [3.05, 3.63) is 54.1 Å². The quantitative estimate of drug-likeness (QED) is 0.641. The molecule has 0 aliphatic rings. The molecule has 0 saturated heterocycles. The number of hydrogen-bond donors (Lipinski definition) is 3. The van der Waals surface area contributed by atoms with E-state index in [-0.39, 0.29) is 11.7 Å². The summed E-state index contributed by atoms with van der Waals surface area (Å²) in [4.78, 5) is 13.0. The number of halogens is 2. The summed E-state index contributed by atoms with van der Waals surface area (Å²) < 4.78 is 26.8. The monoisotopic (exact) mass is 356 g/mol. The summed E-state index contributed by atoms with van der Waals surface area (Å²) in [7, 11) is 0. The van der Waals surface area contributed by atoms with Gasteiger partial charge in [-0.25, -0.2) is 23.7 Å². The largest absolute Gasteiger partial charge is 0.384 e. The number of aromatic nitrogens is 3. The van der Waals surface area contributed by atoms with Crippen molar-refractivity contribution in [3.8, 4) is 11.5 Å². The summed E-state index contributed by atoms with van der Waals surface area (Å²) >= 11 is 0. The van der Waals surface area contributed by atoms with Gasteiger partial charge in [-0.1, -0.05) is 6.07 Å². The smallest absolute Gasteiger partial charge is 0.182 e. The number of hydrogen-bond acceptors (Lipinski definition) is 6. The molecule has 0 spiro atoms. The number of benzene rings is 1. The zero-order valence-corrected chi connectivity index (χ0v) is 14.3. The molecule has 0 radical (unpaired) electrons. The highest BCUT2D eigenvalue weighted by Gasteiger charge is 2.10. The van der Waals surface area contributed by atoms with Crippen LogP contribution < -0.4 is 16.4 Å². The van der Waals surface area contributed by atoms with E-state index < -0.39 is 11.6 Å². The lowest BCUT2D eigenvalue weighted by Gasteiger charge is -2.13. The molecule has 4 N–H and O–H groups in total. The average molecular weight is 356 g/mol. The molecule has 0 amide bonds. The van der Waals surface area contributed by atoms with Gasteiger partial charge in [0.1, 0.15) is 34.8 Å².